The summed E-state index contributed by atoms with van der Waals surface area (Å²) in [5.74, 6) is 0. The first-order chi connectivity index (χ1) is 7.02. The molecule has 0 N–H and O–H groups in total. The van der Waals surface area contributed by atoms with Crippen molar-refractivity contribution >= 4 is 22.0 Å². The van der Waals surface area contributed by atoms with Gasteiger partial charge in [0.15, 0.2) is 0 Å². The van der Waals surface area contributed by atoms with Crippen LogP contribution in [-0.4, -0.2) is 43.9 Å². The van der Waals surface area contributed by atoms with Crippen molar-refractivity contribution in [3.8, 4) is 0 Å². The van der Waals surface area contributed by atoms with Crippen LogP contribution in [0.5, 0.6) is 0 Å². The summed E-state index contributed by atoms with van der Waals surface area (Å²) in [5, 5.41) is 0. The summed E-state index contributed by atoms with van der Waals surface area (Å²) in [4.78, 5) is 7.37. The van der Waals surface area contributed by atoms with E-state index in [1.54, 1.807) is 3.58 Å². The molecule has 15 heavy (non-hydrogen) atoms. The van der Waals surface area contributed by atoms with Gasteiger partial charge < -0.3 is 0 Å². The van der Waals surface area contributed by atoms with Crippen molar-refractivity contribution in [2.24, 2.45) is 0 Å². The number of rotatable bonds is 5. The first kappa shape index (κ1) is 13.0. The molecule has 0 aliphatic rings. The van der Waals surface area contributed by atoms with E-state index in [1.807, 2.05) is 0 Å². The first-order valence-electron chi connectivity index (χ1n) is 5.72. The van der Waals surface area contributed by atoms with Gasteiger partial charge in [-0.15, -0.1) is 0 Å². The molecule has 0 atom stereocenters. The summed E-state index contributed by atoms with van der Waals surface area (Å²) in [6, 6.07) is 11.1. The third-order valence-electron chi connectivity index (χ3n) is 2.96. The maximum absolute atomic E-state index is 2.54. The molecule has 0 fully saturated rings. The molecule has 1 nitrogen and oxygen atoms in total. The van der Waals surface area contributed by atoms with Crippen LogP contribution in [0, 0.1) is 0 Å². The minimum absolute atomic E-state index is 1.23. The Bertz CT molecular complexity index is 280. The molecule has 0 saturated carbocycles. The SMILES string of the molecule is CN(C)CC[CH2][Sn]([CH3])([CH3])[c]1ccccc1. The van der Waals surface area contributed by atoms with Crippen LogP contribution in [0.25, 0.3) is 0 Å². The predicted octanol–water partition coefficient (Wildman–Crippen LogP) is 2.55. The van der Waals surface area contributed by atoms with E-state index in [1.165, 1.54) is 17.4 Å². The Morgan fingerprint density at radius 2 is 1.67 bits per heavy atom. The van der Waals surface area contributed by atoms with Crippen LogP contribution in [-0.2, 0) is 0 Å². The van der Waals surface area contributed by atoms with Gasteiger partial charge in [-0.2, -0.15) is 0 Å². The number of nitrogens with zero attached hydrogens (tertiary/aromatic N) is 1. The Morgan fingerprint density at radius 3 is 2.20 bits per heavy atom. The van der Waals surface area contributed by atoms with Crippen LogP contribution in [0.4, 0.5) is 0 Å². The molecule has 1 aromatic rings. The summed E-state index contributed by atoms with van der Waals surface area (Å²) >= 11 is -1.93. The van der Waals surface area contributed by atoms with E-state index in [0.29, 0.717) is 0 Å². The second-order valence-corrected chi connectivity index (χ2v) is 19.0. The Kier molecular flexibility index (Phi) is 5.13. The van der Waals surface area contributed by atoms with E-state index < -0.39 is 18.4 Å². The fourth-order valence-corrected chi connectivity index (χ4v) is 8.79. The van der Waals surface area contributed by atoms with Crippen molar-refractivity contribution in [3.63, 3.8) is 0 Å². The average molecular weight is 312 g/mol. The molecule has 84 valence electrons. The van der Waals surface area contributed by atoms with Gasteiger partial charge in [0, 0.05) is 0 Å². The van der Waals surface area contributed by atoms with Crippen LogP contribution in [0.2, 0.25) is 14.3 Å². The molecule has 2 heteroatoms. The summed E-state index contributed by atoms with van der Waals surface area (Å²) in [5.41, 5.74) is 0. The third-order valence-corrected chi connectivity index (χ3v) is 13.0. The molecule has 1 aromatic carbocycles. The van der Waals surface area contributed by atoms with Crippen LogP contribution < -0.4 is 3.58 Å². The van der Waals surface area contributed by atoms with Crippen molar-refractivity contribution in [3.05, 3.63) is 30.3 Å². The third kappa shape index (κ3) is 4.56. The second kappa shape index (κ2) is 5.90. The zero-order valence-corrected chi connectivity index (χ0v) is 13.3. The van der Waals surface area contributed by atoms with E-state index in [-0.39, 0.29) is 0 Å². The molecule has 0 heterocycles. The fourth-order valence-electron chi connectivity index (χ4n) is 1.87. The minimum atomic E-state index is -1.93. The molecule has 0 amide bonds. The van der Waals surface area contributed by atoms with E-state index in [9.17, 15) is 0 Å². The Morgan fingerprint density at radius 1 is 1.07 bits per heavy atom. The Labute approximate surface area is 98.4 Å². The van der Waals surface area contributed by atoms with E-state index in [2.05, 4.69) is 59.2 Å². The van der Waals surface area contributed by atoms with Gasteiger partial charge in [-0.3, -0.25) is 0 Å². The van der Waals surface area contributed by atoms with Crippen LogP contribution >= 0.6 is 0 Å². The number of hydrogen-bond acceptors (Lipinski definition) is 1. The Hall–Kier alpha value is -0.0213. The second-order valence-electron chi connectivity index (χ2n) is 5.16. The molecule has 0 radical (unpaired) electrons. The summed E-state index contributed by atoms with van der Waals surface area (Å²) in [7, 11) is 4.32. The quantitative estimate of drug-likeness (QED) is 0.755. The van der Waals surface area contributed by atoms with E-state index >= 15 is 0 Å². The van der Waals surface area contributed by atoms with Gasteiger partial charge in [-0.1, -0.05) is 0 Å². The van der Waals surface area contributed by atoms with E-state index in [4.69, 9.17) is 0 Å². The summed E-state index contributed by atoms with van der Waals surface area (Å²) in [6.07, 6.45) is 1.35. The molecule has 0 aliphatic carbocycles. The molecular formula is C13H23NSn. The predicted molar refractivity (Wildman–Crippen MR) is 71.5 cm³/mol. The molecular weight excluding hydrogens is 289 g/mol. The molecule has 0 spiro atoms. The molecule has 0 aromatic heterocycles. The van der Waals surface area contributed by atoms with Crippen molar-refractivity contribution in [2.45, 2.75) is 20.7 Å². The average Bonchev–Trinajstić information content (AvgIpc) is 2.18. The topological polar surface area (TPSA) is 3.24 Å². The Balaban J connectivity index is 2.52. The van der Waals surface area contributed by atoms with Crippen LogP contribution in [0.15, 0.2) is 30.3 Å². The summed E-state index contributed by atoms with van der Waals surface area (Å²) in [6.45, 7) is 1.23. The molecule has 1 rings (SSSR count). The molecule has 0 unspecified atom stereocenters. The van der Waals surface area contributed by atoms with Crippen molar-refractivity contribution in [1.29, 1.82) is 0 Å². The van der Waals surface area contributed by atoms with Crippen molar-refractivity contribution < 1.29 is 0 Å². The number of hydrogen-bond donors (Lipinski definition) is 0. The zero-order chi connectivity index (χ0) is 11.3. The van der Waals surface area contributed by atoms with E-state index in [0.717, 1.165) is 0 Å². The maximum atomic E-state index is 2.54. The van der Waals surface area contributed by atoms with Gasteiger partial charge in [0.1, 0.15) is 0 Å². The molecule has 0 saturated heterocycles. The summed E-state index contributed by atoms with van der Waals surface area (Å²) < 4.78 is 3.11. The van der Waals surface area contributed by atoms with Gasteiger partial charge in [0.2, 0.25) is 0 Å². The van der Waals surface area contributed by atoms with Gasteiger partial charge in [0.25, 0.3) is 0 Å². The van der Waals surface area contributed by atoms with Gasteiger partial charge in [0.05, 0.1) is 0 Å². The van der Waals surface area contributed by atoms with Crippen LogP contribution in [0.3, 0.4) is 0 Å². The van der Waals surface area contributed by atoms with Crippen molar-refractivity contribution in [1.82, 2.24) is 4.90 Å². The van der Waals surface area contributed by atoms with Crippen molar-refractivity contribution in [2.75, 3.05) is 20.6 Å². The first-order valence-corrected chi connectivity index (χ1v) is 14.9. The van der Waals surface area contributed by atoms with Gasteiger partial charge in [-0.05, 0) is 0 Å². The zero-order valence-electron chi connectivity index (χ0n) is 10.5. The molecule has 0 bridgehead atoms. The number of benzene rings is 1. The van der Waals surface area contributed by atoms with Gasteiger partial charge in [-0.25, -0.2) is 0 Å². The van der Waals surface area contributed by atoms with Gasteiger partial charge >= 0.3 is 98.6 Å². The molecule has 0 aliphatic heterocycles. The van der Waals surface area contributed by atoms with Crippen LogP contribution in [0.1, 0.15) is 6.42 Å². The normalized spacial score (nSPS) is 12.1. The fraction of sp³-hybridized carbons (Fsp3) is 0.538. The monoisotopic (exact) mass is 313 g/mol. The standard InChI is InChI=1S/C6H5.C5H12N.2CH3.Sn/c1-2-4-6-5-3-1;1-4-5-6(2)3;;;/h1-5H;1,4-5H2,2-3H3;2*1H3;.